The van der Waals surface area contributed by atoms with Gasteiger partial charge >= 0.3 is 0 Å². The first-order valence-corrected chi connectivity index (χ1v) is 18.3. The van der Waals surface area contributed by atoms with E-state index in [0.29, 0.717) is 47.8 Å². The topological polar surface area (TPSA) is 116 Å². The van der Waals surface area contributed by atoms with Crippen LogP contribution < -0.4 is 24.6 Å². The fourth-order valence-electron chi connectivity index (χ4n) is 6.96. The Morgan fingerprint density at radius 1 is 0.885 bits per heavy atom. The molecule has 5 aromatic rings. The van der Waals surface area contributed by atoms with Gasteiger partial charge in [0.05, 0.1) is 26.1 Å². The molecule has 1 saturated heterocycles. The Morgan fingerprint density at radius 3 is 2.00 bits per heavy atom. The molecular formula is C40H53N9O3. The highest BCUT2D eigenvalue weighted by molar-refractivity contribution is 5.66. The molecule has 4 heterocycles. The molecule has 2 aromatic carbocycles. The predicted molar refractivity (Wildman–Crippen MR) is 207 cm³/mol. The molecule has 0 amide bonds. The second-order valence-corrected chi connectivity index (χ2v) is 13.9. The number of fused-ring (bicyclic) bond motifs is 1. The molecule has 1 fully saturated rings. The van der Waals surface area contributed by atoms with Crippen LogP contribution in [-0.4, -0.2) is 88.1 Å². The van der Waals surface area contributed by atoms with Gasteiger partial charge < -0.3 is 34.6 Å². The van der Waals surface area contributed by atoms with Gasteiger partial charge in [0.25, 0.3) is 0 Å². The Bertz CT molecular complexity index is 1850. The Hall–Kier alpha value is -4.94. The average molecular weight is 708 g/mol. The molecule has 1 unspecified atom stereocenters. The smallest absolute Gasteiger partial charge is 0.243 e. The van der Waals surface area contributed by atoms with E-state index in [1.54, 1.807) is 31.1 Å². The number of ether oxygens (including phenoxy) is 2. The maximum atomic E-state index is 11.9. The molecule has 1 atom stereocenters. The fourth-order valence-corrected chi connectivity index (χ4v) is 6.96. The zero-order chi connectivity index (χ0) is 36.8. The van der Waals surface area contributed by atoms with Crippen LogP contribution in [-0.2, 0) is 13.1 Å². The number of methoxy groups -OCH3 is 2. The number of aryl methyl sites for hydroxylation is 1. The third-order valence-electron chi connectivity index (χ3n) is 10.2. The van der Waals surface area contributed by atoms with E-state index in [1.807, 2.05) is 30.3 Å². The lowest BCUT2D eigenvalue weighted by Crippen LogP contribution is -2.42. The molecule has 52 heavy (non-hydrogen) atoms. The lowest BCUT2D eigenvalue weighted by atomic mass is 10.0. The van der Waals surface area contributed by atoms with Crippen molar-refractivity contribution < 1.29 is 14.6 Å². The number of hydrogen-bond acceptors (Lipinski definition) is 11. The van der Waals surface area contributed by atoms with E-state index in [1.165, 1.54) is 0 Å². The molecule has 6 rings (SSSR count). The molecule has 12 nitrogen and oxygen atoms in total. The summed E-state index contributed by atoms with van der Waals surface area (Å²) in [5.74, 6) is 3.69. The van der Waals surface area contributed by atoms with Gasteiger partial charge in [-0.3, -0.25) is 0 Å². The number of nitrogens with one attached hydrogen (secondary N) is 1. The molecule has 276 valence electrons. The van der Waals surface area contributed by atoms with Gasteiger partial charge in [-0.05, 0) is 93.7 Å². The maximum absolute atomic E-state index is 11.9. The molecule has 0 aliphatic carbocycles. The van der Waals surface area contributed by atoms with Gasteiger partial charge in [0, 0.05) is 50.0 Å². The molecule has 1 aliphatic heterocycles. The van der Waals surface area contributed by atoms with Crippen molar-refractivity contribution in [3.8, 4) is 11.5 Å². The lowest BCUT2D eigenvalue weighted by Gasteiger charge is -2.36. The lowest BCUT2D eigenvalue weighted by molar-refractivity contribution is 0.212. The Morgan fingerprint density at radius 2 is 1.48 bits per heavy atom. The number of aliphatic hydroxyl groups excluding tert-OH is 1. The quantitative estimate of drug-likeness (QED) is 0.128. The average Bonchev–Trinajstić information content (AvgIpc) is 3.60. The van der Waals surface area contributed by atoms with Crippen molar-refractivity contribution in [3.63, 3.8) is 0 Å². The van der Waals surface area contributed by atoms with Crippen LogP contribution in [0.3, 0.4) is 0 Å². The molecule has 1 aliphatic rings. The highest BCUT2D eigenvalue weighted by atomic mass is 16.5. The highest BCUT2D eigenvalue weighted by Gasteiger charge is 2.26. The summed E-state index contributed by atoms with van der Waals surface area (Å²) in [5, 5.41) is 20.4. The molecule has 0 spiro atoms. The van der Waals surface area contributed by atoms with Gasteiger partial charge in [-0.2, -0.15) is 4.98 Å². The fraction of sp³-hybridized carbons (Fsp3) is 0.450. The maximum Gasteiger partial charge on any atom is 0.243 e. The van der Waals surface area contributed by atoms with Crippen LogP contribution in [0.4, 0.5) is 17.6 Å². The summed E-state index contributed by atoms with van der Waals surface area (Å²) >= 11 is 0. The number of rotatable bonds is 15. The van der Waals surface area contributed by atoms with Crippen molar-refractivity contribution in [2.75, 3.05) is 56.5 Å². The largest absolute Gasteiger partial charge is 0.497 e. The van der Waals surface area contributed by atoms with Gasteiger partial charge in [-0.15, -0.1) is 5.10 Å². The minimum Gasteiger partial charge on any atom is -0.497 e. The van der Waals surface area contributed by atoms with Crippen LogP contribution in [0.25, 0.3) is 5.65 Å². The van der Waals surface area contributed by atoms with Crippen LogP contribution in [0.5, 0.6) is 11.5 Å². The number of aromatic nitrogens is 5. The van der Waals surface area contributed by atoms with Crippen LogP contribution in [0, 0.1) is 6.92 Å². The first-order valence-electron chi connectivity index (χ1n) is 18.3. The third-order valence-corrected chi connectivity index (χ3v) is 10.2. The number of pyridine rings is 1. The van der Waals surface area contributed by atoms with Crippen LogP contribution in [0.15, 0.2) is 67.0 Å². The molecular weight excluding hydrogens is 654 g/mol. The van der Waals surface area contributed by atoms with Crippen molar-refractivity contribution in [1.82, 2.24) is 29.5 Å². The van der Waals surface area contributed by atoms with Gasteiger partial charge in [0.15, 0.2) is 11.5 Å². The van der Waals surface area contributed by atoms with Crippen LogP contribution >= 0.6 is 0 Å². The third kappa shape index (κ3) is 8.24. The zero-order valence-corrected chi connectivity index (χ0v) is 31.6. The van der Waals surface area contributed by atoms with E-state index in [2.05, 4.69) is 79.1 Å². The van der Waals surface area contributed by atoms with Crippen molar-refractivity contribution in [2.45, 2.75) is 77.7 Å². The number of imidazole rings is 1. The molecule has 0 saturated carbocycles. The summed E-state index contributed by atoms with van der Waals surface area (Å²) in [7, 11) is 7.64. The Labute approximate surface area is 307 Å². The van der Waals surface area contributed by atoms with E-state index in [4.69, 9.17) is 29.5 Å². The van der Waals surface area contributed by atoms with Gasteiger partial charge in [0.1, 0.15) is 23.4 Å². The van der Waals surface area contributed by atoms with Crippen molar-refractivity contribution >= 4 is 23.2 Å². The SMILES string of the molecule is CCC(CC)Nc1nc(N(Cc2ccc(OC)cc2)Cc2ccc(OC)cc2)c2ncc(C(O)c3cnc(N4CCC(N(C)C)CC4)c(C)c3)n2n1. The monoisotopic (exact) mass is 707 g/mol. The van der Waals surface area contributed by atoms with Crippen molar-refractivity contribution in [3.05, 3.63) is 94.9 Å². The van der Waals surface area contributed by atoms with Gasteiger partial charge in [-0.25, -0.2) is 14.5 Å². The van der Waals surface area contributed by atoms with E-state index >= 15 is 0 Å². The van der Waals surface area contributed by atoms with E-state index in [9.17, 15) is 5.11 Å². The molecule has 0 bridgehead atoms. The minimum atomic E-state index is -1.00. The molecule has 12 heteroatoms. The first-order chi connectivity index (χ1) is 25.2. The summed E-state index contributed by atoms with van der Waals surface area (Å²) < 4.78 is 12.6. The van der Waals surface area contributed by atoms with Crippen LogP contribution in [0.1, 0.15) is 73.6 Å². The molecule has 2 N–H and O–H groups in total. The summed E-state index contributed by atoms with van der Waals surface area (Å²) in [6.07, 6.45) is 6.52. The zero-order valence-electron chi connectivity index (χ0n) is 31.6. The number of hydrogen-bond donors (Lipinski definition) is 2. The number of piperidine rings is 1. The number of aliphatic hydroxyl groups is 1. The van der Waals surface area contributed by atoms with E-state index in [-0.39, 0.29) is 6.04 Å². The van der Waals surface area contributed by atoms with Crippen molar-refractivity contribution in [2.24, 2.45) is 0 Å². The van der Waals surface area contributed by atoms with Crippen molar-refractivity contribution in [1.29, 1.82) is 0 Å². The standard InChI is InChI=1S/C40H53N9O3/c1-8-31(9-2)43-40-44-39(48(25-28-10-14-33(51-6)15-11-28)26-29-12-16-34(52-7)17-13-29)38-42-24-35(49(38)45-40)36(50)30-22-27(3)37(41-23-30)47-20-18-32(19-21-47)46(4)5/h10-17,22-24,31-32,36,50H,8-9,18-21,25-26H2,1-7H3,(H,43,45). The number of benzene rings is 2. The summed E-state index contributed by atoms with van der Waals surface area (Å²) in [6.45, 7) is 9.39. The van der Waals surface area contributed by atoms with Crippen LogP contribution in [0.2, 0.25) is 0 Å². The van der Waals surface area contributed by atoms with Gasteiger partial charge in [0.2, 0.25) is 5.95 Å². The molecule has 3 aromatic heterocycles. The summed E-state index contributed by atoms with van der Waals surface area (Å²) in [5.41, 5.74) is 4.98. The van der Waals surface area contributed by atoms with E-state index < -0.39 is 6.10 Å². The number of anilines is 3. The highest BCUT2D eigenvalue weighted by Crippen LogP contribution is 2.31. The Balaban J connectivity index is 1.38. The predicted octanol–water partition coefficient (Wildman–Crippen LogP) is 6.26. The van der Waals surface area contributed by atoms with E-state index in [0.717, 1.165) is 72.8 Å². The second-order valence-electron chi connectivity index (χ2n) is 13.9. The Kier molecular flexibility index (Phi) is 11.8. The molecule has 0 radical (unpaired) electrons. The number of nitrogens with zero attached hydrogens (tertiary/aromatic N) is 8. The normalized spacial score (nSPS) is 14.3. The van der Waals surface area contributed by atoms with Gasteiger partial charge in [-0.1, -0.05) is 38.1 Å². The second kappa shape index (κ2) is 16.6. The first kappa shape index (κ1) is 36.8. The minimum absolute atomic E-state index is 0.181. The summed E-state index contributed by atoms with van der Waals surface area (Å²) in [6, 6.07) is 18.9. The summed E-state index contributed by atoms with van der Waals surface area (Å²) in [4.78, 5) is 21.7.